The van der Waals surface area contributed by atoms with Gasteiger partial charge in [-0.05, 0) is 30.0 Å². The minimum absolute atomic E-state index is 0.0193. The maximum absolute atomic E-state index is 12.3. The van der Waals surface area contributed by atoms with Gasteiger partial charge in [-0.2, -0.15) is 0 Å². The van der Waals surface area contributed by atoms with Crippen LogP contribution in [0.4, 0.5) is 4.39 Å². The van der Waals surface area contributed by atoms with Crippen molar-refractivity contribution < 1.29 is 9.18 Å². The van der Waals surface area contributed by atoms with E-state index >= 15 is 0 Å². The number of halogens is 1. The van der Waals surface area contributed by atoms with Crippen LogP contribution in [0.1, 0.15) is 42.3 Å². The summed E-state index contributed by atoms with van der Waals surface area (Å²) in [6.07, 6.45) is 1.76. The molecule has 3 heteroatoms. The predicted octanol–water partition coefficient (Wildman–Crippen LogP) is 3.24. The van der Waals surface area contributed by atoms with Gasteiger partial charge in [0.1, 0.15) is 6.67 Å². The molecule has 0 spiro atoms. The fourth-order valence-electron chi connectivity index (χ4n) is 2.10. The Labute approximate surface area is 109 Å². The fraction of sp³-hybridized carbons (Fsp3) is 0.533. The Morgan fingerprint density at radius 3 is 2.67 bits per heavy atom. The van der Waals surface area contributed by atoms with Crippen LogP contribution in [-0.2, 0) is 12.8 Å². The number of hydrogen-bond acceptors (Lipinski definition) is 1. The van der Waals surface area contributed by atoms with Crippen LogP contribution >= 0.6 is 0 Å². The van der Waals surface area contributed by atoms with Gasteiger partial charge in [-0.3, -0.25) is 4.79 Å². The summed E-state index contributed by atoms with van der Waals surface area (Å²) in [7, 11) is 0. The molecule has 0 aliphatic carbocycles. The molecule has 100 valence electrons. The van der Waals surface area contributed by atoms with E-state index in [-0.39, 0.29) is 12.5 Å². The Morgan fingerprint density at radius 2 is 2.06 bits per heavy atom. The maximum Gasteiger partial charge on any atom is 0.254 e. The van der Waals surface area contributed by atoms with Gasteiger partial charge in [0, 0.05) is 18.7 Å². The highest BCUT2D eigenvalue weighted by Crippen LogP contribution is 2.20. The van der Waals surface area contributed by atoms with Crippen molar-refractivity contribution in [2.45, 2.75) is 33.6 Å². The average molecular weight is 251 g/mol. The summed E-state index contributed by atoms with van der Waals surface area (Å²) in [6, 6.07) is 6.04. The molecule has 1 amide bonds. The summed E-state index contributed by atoms with van der Waals surface area (Å²) in [5, 5.41) is 0. The van der Waals surface area contributed by atoms with Crippen molar-refractivity contribution >= 4 is 5.91 Å². The van der Waals surface area contributed by atoms with Crippen molar-refractivity contribution in [3.63, 3.8) is 0 Å². The lowest BCUT2D eigenvalue weighted by atomic mass is 9.96. The van der Waals surface area contributed by atoms with Gasteiger partial charge in [-0.15, -0.1) is 0 Å². The molecule has 0 aromatic heterocycles. The molecule has 1 aromatic rings. The van der Waals surface area contributed by atoms with Crippen molar-refractivity contribution in [2.24, 2.45) is 0 Å². The molecule has 2 rings (SSSR count). The molecule has 0 atom stereocenters. The monoisotopic (exact) mass is 251 g/mol. The molecular formula is C15H22FNO. The number of amides is 1. The van der Waals surface area contributed by atoms with Crippen LogP contribution in [0.2, 0.25) is 0 Å². The molecule has 1 aliphatic heterocycles. The van der Waals surface area contributed by atoms with Gasteiger partial charge in [0.25, 0.3) is 5.91 Å². The Hall–Kier alpha value is -1.38. The lowest BCUT2D eigenvalue weighted by Crippen LogP contribution is -2.38. The number of carbonyl (C=O) groups is 1. The van der Waals surface area contributed by atoms with Crippen molar-refractivity contribution in [1.29, 1.82) is 0 Å². The smallest absolute Gasteiger partial charge is 0.254 e. The molecule has 0 saturated heterocycles. The Morgan fingerprint density at radius 1 is 1.33 bits per heavy atom. The lowest BCUT2D eigenvalue weighted by molar-refractivity contribution is 0.0728. The van der Waals surface area contributed by atoms with Crippen molar-refractivity contribution in [1.82, 2.24) is 4.90 Å². The number of carbonyl (C=O) groups excluding carboxylic acids is 1. The number of nitrogens with zero attached hydrogens (tertiary/aromatic N) is 1. The zero-order chi connectivity index (χ0) is 13.5. The van der Waals surface area contributed by atoms with Gasteiger partial charge in [-0.1, -0.05) is 32.9 Å². The second-order valence-electron chi connectivity index (χ2n) is 4.08. The second kappa shape index (κ2) is 7.14. The molecule has 0 bridgehead atoms. The third-order valence-electron chi connectivity index (χ3n) is 3.11. The summed E-state index contributed by atoms with van der Waals surface area (Å²) in [5.74, 6) is -0.0193. The Bertz CT molecular complexity index is 403. The van der Waals surface area contributed by atoms with Crippen LogP contribution in [0.5, 0.6) is 0 Å². The van der Waals surface area contributed by atoms with Gasteiger partial charge < -0.3 is 4.90 Å². The number of fused-ring (bicyclic) bond motifs is 1. The highest BCUT2D eigenvalue weighted by Gasteiger charge is 2.23. The molecule has 0 unspecified atom stereocenters. The van der Waals surface area contributed by atoms with Gasteiger partial charge in [0.2, 0.25) is 0 Å². The van der Waals surface area contributed by atoms with Crippen LogP contribution in [0.15, 0.2) is 18.2 Å². The second-order valence-corrected chi connectivity index (χ2v) is 4.08. The number of alkyl halides is 1. The highest BCUT2D eigenvalue weighted by molar-refractivity contribution is 5.96. The van der Waals surface area contributed by atoms with Gasteiger partial charge >= 0.3 is 0 Å². The molecule has 0 fully saturated rings. The van der Waals surface area contributed by atoms with E-state index in [1.807, 2.05) is 26.0 Å². The molecule has 1 heterocycles. The van der Waals surface area contributed by atoms with E-state index in [1.165, 1.54) is 0 Å². The molecule has 2 nitrogen and oxygen atoms in total. The minimum Gasteiger partial charge on any atom is -0.336 e. The van der Waals surface area contributed by atoms with Crippen molar-refractivity contribution in [2.75, 3.05) is 19.8 Å². The minimum atomic E-state index is -0.464. The van der Waals surface area contributed by atoms with Crippen LogP contribution < -0.4 is 0 Å². The molecule has 1 aliphatic rings. The van der Waals surface area contributed by atoms with Crippen LogP contribution in [0.25, 0.3) is 0 Å². The Balaban J connectivity index is 0.000000771. The topological polar surface area (TPSA) is 20.3 Å². The lowest BCUT2D eigenvalue weighted by Gasteiger charge is -2.28. The molecular weight excluding hydrogens is 229 g/mol. The summed E-state index contributed by atoms with van der Waals surface area (Å²) in [5.41, 5.74) is 3.02. The van der Waals surface area contributed by atoms with E-state index in [0.29, 0.717) is 6.54 Å². The third kappa shape index (κ3) is 3.09. The predicted molar refractivity (Wildman–Crippen MR) is 72.8 cm³/mol. The standard InChI is InChI=1S/C13H16FNO.C2H6/c1-2-10-3-4-11-5-7-15(8-6-14)13(16)12(11)9-10;1-2/h3-4,9H,2,5-8H2,1H3;1-2H3. The highest BCUT2D eigenvalue weighted by atomic mass is 19.1. The number of benzene rings is 1. The van der Waals surface area contributed by atoms with E-state index in [0.717, 1.165) is 29.5 Å². The zero-order valence-electron chi connectivity index (χ0n) is 11.5. The number of rotatable bonds is 3. The van der Waals surface area contributed by atoms with Gasteiger partial charge in [0.05, 0.1) is 0 Å². The first-order valence-electron chi connectivity index (χ1n) is 6.73. The average Bonchev–Trinajstić information content (AvgIpc) is 2.44. The SMILES string of the molecule is CC.CCc1ccc2c(c1)C(=O)N(CCF)CC2. The van der Waals surface area contributed by atoms with Gasteiger partial charge in [-0.25, -0.2) is 4.39 Å². The van der Waals surface area contributed by atoms with Crippen molar-refractivity contribution in [3.05, 3.63) is 34.9 Å². The van der Waals surface area contributed by atoms with Crippen molar-refractivity contribution in [3.8, 4) is 0 Å². The van der Waals surface area contributed by atoms with E-state index < -0.39 is 6.67 Å². The fourth-order valence-corrected chi connectivity index (χ4v) is 2.10. The molecule has 18 heavy (non-hydrogen) atoms. The molecule has 0 saturated carbocycles. The molecule has 0 N–H and O–H groups in total. The Kier molecular flexibility index (Phi) is 5.83. The number of aryl methyl sites for hydroxylation is 1. The van der Waals surface area contributed by atoms with Crippen LogP contribution in [-0.4, -0.2) is 30.6 Å². The first-order chi connectivity index (χ1) is 8.76. The third-order valence-corrected chi connectivity index (χ3v) is 3.11. The quantitative estimate of drug-likeness (QED) is 0.807. The van der Waals surface area contributed by atoms with Gasteiger partial charge in [0.15, 0.2) is 0 Å². The first kappa shape index (κ1) is 14.7. The van der Waals surface area contributed by atoms with Crippen LogP contribution in [0, 0.1) is 0 Å². The largest absolute Gasteiger partial charge is 0.336 e. The summed E-state index contributed by atoms with van der Waals surface area (Å²) >= 11 is 0. The van der Waals surface area contributed by atoms with E-state index in [4.69, 9.17) is 0 Å². The van der Waals surface area contributed by atoms with E-state index in [2.05, 4.69) is 13.0 Å². The maximum atomic E-state index is 12.3. The first-order valence-corrected chi connectivity index (χ1v) is 6.73. The van der Waals surface area contributed by atoms with Crippen LogP contribution in [0.3, 0.4) is 0 Å². The van der Waals surface area contributed by atoms with E-state index in [1.54, 1.807) is 4.90 Å². The normalized spacial score (nSPS) is 13.8. The zero-order valence-corrected chi connectivity index (χ0v) is 11.5. The van der Waals surface area contributed by atoms with E-state index in [9.17, 15) is 9.18 Å². The molecule has 0 radical (unpaired) electrons. The summed E-state index contributed by atoms with van der Waals surface area (Å²) in [4.78, 5) is 13.6. The summed E-state index contributed by atoms with van der Waals surface area (Å²) in [6.45, 7) is 6.46. The molecule has 1 aromatic carbocycles. The summed E-state index contributed by atoms with van der Waals surface area (Å²) < 4.78 is 12.3. The number of hydrogen-bond donors (Lipinski definition) is 0.